The normalized spacial score (nSPS) is 40.8. The van der Waals surface area contributed by atoms with Crippen molar-refractivity contribution in [3.05, 3.63) is 0 Å². The van der Waals surface area contributed by atoms with E-state index in [2.05, 4.69) is 5.32 Å². The molecule has 1 spiro atoms. The van der Waals surface area contributed by atoms with E-state index in [1.54, 1.807) is 0 Å². The predicted octanol–water partition coefficient (Wildman–Crippen LogP) is 0.636. The van der Waals surface area contributed by atoms with Gasteiger partial charge in [0.05, 0.1) is 5.60 Å². The summed E-state index contributed by atoms with van der Waals surface area (Å²) in [6.07, 6.45) is 6.15. The Hall–Kier alpha value is -0.120. The number of hydrogen-bond acceptors (Lipinski definition) is 3. The zero-order valence-electron chi connectivity index (χ0n) is 8.22. The minimum Gasteiger partial charge on any atom is -0.373 e. The fraction of sp³-hybridized carbons (Fsp3) is 1.00. The van der Waals surface area contributed by atoms with E-state index in [1.807, 2.05) is 0 Å². The van der Waals surface area contributed by atoms with Crippen LogP contribution in [0, 0.1) is 0 Å². The van der Waals surface area contributed by atoms with Crippen LogP contribution in [-0.2, 0) is 4.74 Å². The quantitative estimate of drug-likeness (QED) is 0.628. The van der Waals surface area contributed by atoms with E-state index in [0.717, 1.165) is 13.2 Å². The molecule has 2 rings (SSSR count). The molecule has 0 amide bonds. The third-order valence-corrected chi connectivity index (χ3v) is 3.42. The van der Waals surface area contributed by atoms with Crippen LogP contribution >= 0.6 is 0 Å². The van der Waals surface area contributed by atoms with E-state index in [1.165, 1.54) is 32.1 Å². The van der Waals surface area contributed by atoms with E-state index >= 15 is 0 Å². The molecule has 0 aliphatic carbocycles. The van der Waals surface area contributed by atoms with Gasteiger partial charge in [-0.15, -0.1) is 0 Å². The van der Waals surface area contributed by atoms with Gasteiger partial charge < -0.3 is 15.8 Å². The number of nitrogens with one attached hydrogen (secondary N) is 1. The summed E-state index contributed by atoms with van der Waals surface area (Å²) in [6, 6.07) is 0.390. The van der Waals surface area contributed by atoms with Gasteiger partial charge in [-0.3, -0.25) is 0 Å². The Kier molecular flexibility index (Phi) is 2.86. The zero-order valence-corrected chi connectivity index (χ0v) is 8.22. The van der Waals surface area contributed by atoms with Crippen molar-refractivity contribution in [3.8, 4) is 0 Å². The maximum absolute atomic E-state index is 5.97. The Morgan fingerprint density at radius 2 is 2.15 bits per heavy atom. The summed E-state index contributed by atoms with van der Waals surface area (Å²) in [7, 11) is 0. The Morgan fingerprint density at radius 1 is 1.31 bits per heavy atom. The lowest BCUT2D eigenvalue weighted by atomic mass is 9.80. The molecule has 2 heterocycles. The number of piperidine rings is 1. The van der Waals surface area contributed by atoms with Crippen LogP contribution in [0.25, 0.3) is 0 Å². The molecule has 0 bridgehead atoms. The summed E-state index contributed by atoms with van der Waals surface area (Å²) in [5.74, 6) is 0. The van der Waals surface area contributed by atoms with Crippen LogP contribution < -0.4 is 11.1 Å². The van der Waals surface area contributed by atoms with E-state index < -0.39 is 0 Å². The molecule has 76 valence electrons. The summed E-state index contributed by atoms with van der Waals surface area (Å²) in [5, 5.41) is 3.48. The highest BCUT2D eigenvalue weighted by atomic mass is 16.5. The van der Waals surface area contributed by atoms with Crippen molar-refractivity contribution in [2.45, 2.75) is 43.7 Å². The third-order valence-electron chi connectivity index (χ3n) is 3.42. The van der Waals surface area contributed by atoms with E-state index in [9.17, 15) is 0 Å². The van der Waals surface area contributed by atoms with Gasteiger partial charge in [-0.05, 0) is 38.6 Å². The standard InChI is InChI=1S/C10H20N2O/c11-8-9-10(5-3-6-12-9)4-1-2-7-13-10/h9,12H,1-8,11H2/t9-,10+/m0/s1. The molecule has 0 aromatic heterocycles. The molecule has 2 atom stereocenters. The van der Waals surface area contributed by atoms with Crippen LogP contribution in [0.4, 0.5) is 0 Å². The van der Waals surface area contributed by atoms with Crippen molar-refractivity contribution in [1.82, 2.24) is 5.32 Å². The average Bonchev–Trinajstić information content (AvgIpc) is 2.20. The van der Waals surface area contributed by atoms with Gasteiger partial charge in [-0.2, -0.15) is 0 Å². The summed E-state index contributed by atoms with van der Waals surface area (Å²) >= 11 is 0. The van der Waals surface area contributed by atoms with Crippen LogP contribution in [0.5, 0.6) is 0 Å². The number of nitrogens with two attached hydrogens (primary N) is 1. The minimum absolute atomic E-state index is 0.0885. The van der Waals surface area contributed by atoms with Gasteiger partial charge in [0.15, 0.2) is 0 Å². The van der Waals surface area contributed by atoms with Crippen LogP contribution in [0.2, 0.25) is 0 Å². The highest BCUT2D eigenvalue weighted by Crippen LogP contribution is 2.34. The third kappa shape index (κ3) is 1.73. The van der Waals surface area contributed by atoms with Crippen LogP contribution in [0.3, 0.4) is 0 Å². The van der Waals surface area contributed by atoms with Crippen molar-refractivity contribution in [1.29, 1.82) is 0 Å². The largest absolute Gasteiger partial charge is 0.373 e. The second-order valence-corrected chi connectivity index (χ2v) is 4.22. The van der Waals surface area contributed by atoms with Gasteiger partial charge in [0.2, 0.25) is 0 Å². The predicted molar refractivity (Wildman–Crippen MR) is 52.6 cm³/mol. The van der Waals surface area contributed by atoms with Crippen molar-refractivity contribution >= 4 is 0 Å². The Bertz CT molecular complexity index is 158. The van der Waals surface area contributed by atoms with Gasteiger partial charge in [0.25, 0.3) is 0 Å². The lowest BCUT2D eigenvalue weighted by Crippen LogP contribution is -2.60. The Labute approximate surface area is 80.0 Å². The highest BCUT2D eigenvalue weighted by Gasteiger charge is 2.41. The molecule has 2 aliphatic heterocycles. The van der Waals surface area contributed by atoms with E-state index in [4.69, 9.17) is 10.5 Å². The summed E-state index contributed by atoms with van der Waals surface area (Å²) in [6.45, 7) is 2.74. The van der Waals surface area contributed by atoms with Gasteiger partial charge in [-0.25, -0.2) is 0 Å². The van der Waals surface area contributed by atoms with Crippen molar-refractivity contribution in [2.75, 3.05) is 19.7 Å². The molecule has 0 aromatic carbocycles. The van der Waals surface area contributed by atoms with E-state index in [0.29, 0.717) is 12.6 Å². The lowest BCUT2D eigenvalue weighted by Gasteiger charge is -2.46. The molecule has 0 unspecified atom stereocenters. The zero-order chi connectivity index (χ0) is 9.15. The first-order valence-electron chi connectivity index (χ1n) is 5.45. The Morgan fingerprint density at radius 3 is 2.85 bits per heavy atom. The molecule has 2 aliphatic rings. The first kappa shape index (κ1) is 9.44. The van der Waals surface area contributed by atoms with Gasteiger partial charge >= 0.3 is 0 Å². The lowest BCUT2D eigenvalue weighted by molar-refractivity contribution is -0.115. The number of ether oxygens (including phenoxy) is 1. The topological polar surface area (TPSA) is 47.3 Å². The molecular formula is C10H20N2O. The van der Waals surface area contributed by atoms with Crippen molar-refractivity contribution in [2.24, 2.45) is 5.73 Å². The van der Waals surface area contributed by atoms with Crippen molar-refractivity contribution < 1.29 is 4.74 Å². The summed E-state index contributed by atoms with van der Waals surface area (Å²) in [5.41, 5.74) is 5.85. The molecule has 0 aromatic rings. The van der Waals surface area contributed by atoms with Crippen LogP contribution in [0.1, 0.15) is 32.1 Å². The molecular weight excluding hydrogens is 164 g/mol. The summed E-state index contributed by atoms with van der Waals surface area (Å²) in [4.78, 5) is 0. The number of rotatable bonds is 1. The minimum atomic E-state index is 0.0885. The molecule has 13 heavy (non-hydrogen) atoms. The summed E-state index contributed by atoms with van der Waals surface area (Å²) < 4.78 is 5.97. The average molecular weight is 184 g/mol. The highest BCUT2D eigenvalue weighted by molar-refractivity contribution is 4.98. The van der Waals surface area contributed by atoms with Gasteiger partial charge in [0, 0.05) is 19.2 Å². The molecule has 3 nitrogen and oxygen atoms in total. The second-order valence-electron chi connectivity index (χ2n) is 4.22. The maximum atomic E-state index is 5.97. The molecule has 3 heteroatoms. The van der Waals surface area contributed by atoms with E-state index in [-0.39, 0.29) is 5.60 Å². The monoisotopic (exact) mass is 184 g/mol. The maximum Gasteiger partial charge on any atom is 0.0847 e. The van der Waals surface area contributed by atoms with Crippen LogP contribution in [-0.4, -0.2) is 31.3 Å². The van der Waals surface area contributed by atoms with Crippen molar-refractivity contribution in [3.63, 3.8) is 0 Å². The SMILES string of the molecule is NC[C@@H]1NCCC[C@]12CCCCO2. The second kappa shape index (κ2) is 3.95. The van der Waals surface area contributed by atoms with Gasteiger partial charge in [0.1, 0.15) is 0 Å². The fourth-order valence-electron chi connectivity index (χ4n) is 2.67. The fourth-order valence-corrected chi connectivity index (χ4v) is 2.67. The number of hydrogen-bond donors (Lipinski definition) is 2. The molecule has 3 N–H and O–H groups in total. The first-order valence-corrected chi connectivity index (χ1v) is 5.45. The smallest absolute Gasteiger partial charge is 0.0847 e. The van der Waals surface area contributed by atoms with Gasteiger partial charge in [-0.1, -0.05) is 0 Å². The molecule has 0 saturated carbocycles. The molecule has 0 radical (unpaired) electrons. The molecule has 2 saturated heterocycles. The molecule has 2 fully saturated rings. The van der Waals surface area contributed by atoms with Crippen LogP contribution in [0.15, 0.2) is 0 Å². The Balaban J connectivity index is 2.06. The first-order chi connectivity index (χ1) is 6.37.